The zero-order chi connectivity index (χ0) is 10.0. The molecule has 0 spiro atoms. The lowest BCUT2D eigenvalue weighted by Gasteiger charge is -2.03. The number of nitrogens with zero attached hydrogens (tertiary/aromatic N) is 1. The van der Waals surface area contributed by atoms with Crippen LogP contribution in [0.4, 0.5) is 8.78 Å². The molecule has 0 saturated heterocycles. The van der Waals surface area contributed by atoms with Crippen molar-refractivity contribution in [1.82, 2.24) is 0 Å². The molecule has 0 radical (unpaired) electrons. The maximum absolute atomic E-state index is 13.1. The van der Waals surface area contributed by atoms with Gasteiger partial charge in [-0.1, -0.05) is 15.9 Å². The third-order valence-corrected chi connectivity index (χ3v) is 1.86. The predicted molar refractivity (Wildman–Crippen MR) is 49.0 cm³/mol. The highest BCUT2D eigenvalue weighted by molar-refractivity contribution is 9.10. The monoisotopic (exact) mass is 249 g/mol. The van der Waals surface area contributed by atoms with Gasteiger partial charge in [-0.3, -0.25) is 0 Å². The molecule has 0 amide bonds. The van der Waals surface area contributed by atoms with Crippen LogP contribution in [0.3, 0.4) is 0 Å². The molecule has 0 aliphatic carbocycles. The van der Waals surface area contributed by atoms with Gasteiger partial charge in [0.1, 0.15) is 11.6 Å². The van der Waals surface area contributed by atoms with E-state index in [1.165, 1.54) is 0 Å². The van der Waals surface area contributed by atoms with Crippen LogP contribution in [0.15, 0.2) is 21.7 Å². The van der Waals surface area contributed by atoms with Gasteiger partial charge in [-0.2, -0.15) is 5.10 Å². The summed E-state index contributed by atoms with van der Waals surface area (Å²) in [5.74, 6) is 2.81. The maximum Gasteiger partial charge on any atom is 0.156 e. The number of hydrogen-bond acceptors (Lipinski definition) is 2. The minimum absolute atomic E-state index is 0.288. The molecule has 3 nitrogen and oxygen atoms in total. The molecule has 0 bridgehead atoms. The van der Waals surface area contributed by atoms with E-state index < -0.39 is 17.2 Å². The number of benzene rings is 1. The molecule has 0 heterocycles. The fraction of sp³-hybridized carbons (Fsp3) is 0. The number of hydrogen-bond donors (Lipinski definition) is 2. The summed E-state index contributed by atoms with van der Waals surface area (Å²) in [7, 11) is 0. The molecule has 70 valence electrons. The summed E-state index contributed by atoms with van der Waals surface area (Å²) in [6.45, 7) is 0. The highest BCUT2D eigenvalue weighted by atomic mass is 79.9. The summed E-state index contributed by atoms with van der Waals surface area (Å²) >= 11 is 2.93. The Morgan fingerprint density at radius 3 is 2.15 bits per heavy atom. The molecule has 0 atom stereocenters. The van der Waals surface area contributed by atoms with Gasteiger partial charge < -0.3 is 11.6 Å². The second-order valence-corrected chi connectivity index (χ2v) is 3.17. The Labute approximate surface area is 81.5 Å². The fourth-order valence-corrected chi connectivity index (χ4v) is 1.25. The number of rotatable bonds is 1. The van der Waals surface area contributed by atoms with Crippen LogP contribution >= 0.6 is 15.9 Å². The van der Waals surface area contributed by atoms with E-state index in [9.17, 15) is 8.78 Å². The van der Waals surface area contributed by atoms with E-state index in [1.807, 2.05) is 0 Å². The smallest absolute Gasteiger partial charge is 0.156 e. The average Bonchev–Trinajstić information content (AvgIpc) is 2.02. The molecule has 0 aromatic heterocycles. The number of nitrogens with two attached hydrogens (primary N) is 2. The Hall–Kier alpha value is -1.17. The summed E-state index contributed by atoms with van der Waals surface area (Å²) < 4.78 is 26.4. The highest BCUT2D eigenvalue weighted by Gasteiger charge is 2.13. The highest BCUT2D eigenvalue weighted by Crippen LogP contribution is 2.18. The van der Waals surface area contributed by atoms with Gasteiger partial charge >= 0.3 is 0 Å². The van der Waals surface area contributed by atoms with Gasteiger partial charge in [-0.15, -0.1) is 0 Å². The first-order valence-corrected chi connectivity index (χ1v) is 4.04. The summed E-state index contributed by atoms with van der Waals surface area (Å²) in [6.07, 6.45) is 0. The zero-order valence-corrected chi connectivity index (χ0v) is 7.98. The molecule has 0 aliphatic heterocycles. The number of hydrazone groups is 1. The molecule has 1 aromatic carbocycles. The van der Waals surface area contributed by atoms with Crippen molar-refractivity contribution in [2.24, 2.45) is 16.7 Å². The Balaban J connectivity index is 3.37. The Kier molecular flexibility index (Phi) is 2.82. The fourth-order valence-electron chi connectivity index (χ4n) is 0.851. The van der Waals surface area contributed by atoms with Crippen LogP contribution in [0.25, 0.3) is 0 Å². The first kappa shape index (κ1) is 9.91. The number of amidine groups is 1. The van der Waals surface area contributed by atoms with E-state index >= 15 is 0 Å². The molecule has 4 N–H and O–H groups in total. The van der Waals surface area contributed by atoms with Crippen LogP contribution in [0, 0.1) is 11.6 Å². The lowest BCUT2D eigenvalue weighted by molar-refractivity contribution is 0.577. The largest absolute Gasteiger partial charge is 0.382 e. The second-order valence-electron chi connectivity index (χ2n) is 2.26. The van der Waals surface area contributed by atoms with Gasteiger partial charge in [-0.05, 0) is 12.1 Å². The van der Waals surface area contributed by atoms with Crippen molar-refractivity contribution in [3.63, 3.8) is 0 Å². The molecule has 1 aromatic rings. The van der Waals surface area contributed by atoms with Crippen molar-refractivity contribution in [3.05, 3.63) is 33.8 Å². The molecule has 13 heavy (non-hydrogen) atoms. The van der Waals surface area contributed by atoms with Crippen LogP contribution in [0.1, 0.15) is 5.56 Å². The first-order chi connectivity index (χ1) is 6.06. The van der Waals surface area contributed by atoms with Gasteiger partial charge in [0.05, 0.1) is 5.56 Å². The van der Waals surface area contributed by atoms with Gasteiger partial charge in [0.2, 0.25) is 0 Å². The van der Waals surface area contributed by atoms with Crippen molar-refractivity contribution >= 4 is 21.8 Å². The SMILES string of the molecule is NN=C(N)c1c(F)cc(Br)cc1F. The summed E-state index contributed by atoms with van der Waals surface area (Å²) in [6, 6.07) is 2.16. The van der Waals surface area contributed by atoms with E-state index in [0.717, 1.165) is 12.1 Å². The van der Waals surface area contributed by atoms with Crippen LogP contribution in [-0.2, 0) is 0 Å². The van der Waals surface area contributed by atoms with Crippen molar-refractivity contribution in [3.8, 4) is 0 Å². The van der Waals surface area contributed by atoms with Gasteiger partial charge in [-0.25, -0.2) is 8.78 Å². The molecule has 0 aliphatic rings. The second kappa shape index (κ2) is 3.69. The summed E-state index contributed by atoms with van der Waals surface area (Å²) in [4.78, 5) is 0. The van der Waals surface area contributed by atoms with Crippen molar-refractivity contribution < 1.29 is 8.78 Å². The topological polar surface area (TPSA) is 64.4 Å². The lowest BCUT2D eigenvalue weighted by Crippen LogP contribution is -2.19. The van der Waals surface area contributed by atoms with Crippen LogP contribution in [0.2, 0.25) is 0 Å². The third-order valence-electron chi connectivity index (χ3n) is 1.40. The molecule has 0 fully saturated rings. The molecular weight excluding hydrogens is 244 g/mol. The van der Waals surface area contributed by atoms with E-state index in [4.69, 9.17) is 11.6 Å². The van der Waals surface area contributed by atoms with Gasteiger partial charge in [0.25, 0.3) is 0 Å². The minimum atomic E-state index is -0.807. The molecule has 1 rings (SSSR count). The zero-order valence-electron chi connectivity index (χ0n) is 6.39. The first-order valence-electron chi connectivity index (χ1n) is 3.24. The Morgan fingerprint density at radius 2 is 1.77 bits per heavy atom. The van der Waals surface area contributed by atoms with Crippen LogP contribution in [-0.4, -0.2) is 5.84 Å². The lowest BCUT2D eigenvalue weighted by atomic mass is 10.2. The maximum atomic E-state index is 13.1. The van der Waals surface area contributed by atoms with Crippen LogP contribution in [0.5, 0.6) is 0 Å². The summed E-state index contributed by atoms with van der Waals surface area (Å²) in [5, 5.41) is 3.01. The molecule has 0 unspecified atom stereocenters. The minimum Gasteiger partial charge on any atom is -0.382 e. The third kappa shape index (κ3) is 1.95. The van der Waals surface area contributed by atoms with Crippen molar-refractivity contribution in [2.45, 2.75) is 0 Å². The van der Waals surface area contributed by atoms with Gasteiger partial charge in [0.15, 0.2) is 5.84 Å². The van der Waals surface area contributed by atoms with Gasteiger partial charge in [0, 0.05) is 4.47 Å². The van der Waals surface area contributed by atoms with Crippen molar-refractivity contribution in [1.29, 1.82) is 0 Å². The van der Waals surface area contributed by atoms with Crippen LogP contribution < -0.4 is 11.6 Å². The number of halogens is 3. The summed E-state index contributed by atoms with van der Waals surface area (Å²) in [5.41, 5.74) is 4.76. The van der Waals surface area contributed by atoms with Crippen molar-refractivity contribution in [2.75, 3.05) is 0 Å². The van der Waals surface area contributed by atoms with E-state index in [-0.39, 0.29) is 10.3 Å². The Morgan fingerprint density at radius 1 is 1.31 bits per heavy atom. The van der Waals surface area contributed by atoms with E-state index in [0.29, 0.717) is 0 Å². The molecule has 0 saturated carbocycles. The normalized spacial score (nSPS) is 11.8. The quantitative estimate of drug-likeness (QED) is 0.341. The predicted octanol–water partition coefficient (Wildman–Crippen LogP) is 1.31. The average molecular weight is 250 g/mol. The molecular formula is C7H6BrF2N3. The standard InChI is InChI=1S/C7H6BrF2N3/c8-3-1-4(9)6(5(10)2-3)7(11)13-12/h1-2H,12H2,(H2,11,13). The van der Waals surface area contributed by atoms with E-state index in [1.54, 1.807) is 0 Å². The Bertz CT molecular complexity index is 342. The van der Waals surface area contributed by atoms with E-state index in [2.05, 4.69) is 21.0 Å². The molecule has 6 heteroatoms.